The van der Waals surface area contributed by atoms with E-state index in [9.17, 15) is 0 Å². The van der Waals surface area contributed by atoms with Crippen molar-refractivity contribution in [3.63, 3.8) is 0 Å². The predicted octanol–water partition coefficient (Wildman–Crippen LogP) is 11.2. The van der Waals surface area contributed by atoms with E-state index in [-0.39, 0.29) is 6.85 Å². The molecule has 12 rings (SSSR count). The maximum atomic E-state index is 6.75. The van der Waals surface area contributed by atoms with Gasteiger partial charge in [0.05, 0.1) is 5.69 Å². The maximum absolute atomic E-state index is 6.75. The standard InChI is InChI=1S/C47H29BN2O/c1-28-23-38-35-17-9-16-34-37-25-30-13-5-6-14-31(30)26-41(37)50(46(34)35)48-39-22-21-32(29-11-3-2-4-12-29)27-42(39)49(43(24-28)45(38)48)40-19-10-18-36-33-15-7-8-20-44(33)51-47(36)40/h2-27H,1H3. The molecule has 0 amide bonds. The van der Waals surface area contributed by atoms with Crippen molar-refractivity contribution in [2.45, 2.75) is 6.92 Å². The Bertz CT molecular complexity index is 3120. The lowest BCUT2D eigenvalue weighted by molar-refractivity contribution is 0.669. The van der Waals surface area contributed by atoms with Gasteiger partial charge in [0.2, 0.25) is 0 Å². The third kappa shape index (κ3) is 3.58. The number of hydrogen-bond donors (Lipinski definition) is 0. The normalized spacial score (nSPS) is 13.1. The lowest BCUT2D eigenvalue weighted by Gasteiger charge is -2.41. The van der Waals surface area contributed by atoms with E-state index in [2.05, 4.69) is 174 Å². The number of aromatic nitrogens is 1. The van der Waals surface area contributed by atoms with Crippen molar-refractivity contribution in [3.8, 4) is 22.3 Å². The highest BCUT2D eigenvalue weighted by Crippen LogP contribution is 2.48. The van der Waals surface area contributed by atoms with Crippen molar-refractivity contribution in [2.75, 3.05) is 4.90 Å². The van der Waals surface area contributed by atoms with E-state index in [1.165, 1.54) is 82.7 Å². The Morgan fingerprint density at radius 1 is 0.510 bits per heavy atom. The van der Waals surface area contributed by atoms with Gasteiger partial charge in [-0.15, -0.1) is 0 Å². The molecule has 4 heteroatoms. The summed E-state index contributed by atoms with van der Waals surface area (Å²) in [6, 6.07) is 58.0. The second-order valence-corrected chi connectivity index (χ2v) is 14.2. The van der Waals surface area contributed by atoms with E-state index in [1.54, 1.807) is 0 Å². The molecule has 0 unspecified atom stereocenters. The Labute approximate surface area is 294 Å². The maximum Gasteiger partial charge on any atom is 0.333 e. The van der Waals surface area contributed by atoms with Gasteiger partial charge in [0.25, 0.3) is 0 Å². The first-order chi connectivity index (χ1) is 25.2. The summed E-state index contributed by atoms with van der Waals surface area (Å²) < 4.78 is 9.40. The van der Waals surface area contributed by atoms with Crippen LogP contribution in [-0.2, 0) is 0 Å². The minimum absolute atomic E-state index is 0.0161. The summed E-state index contributed by atoms with van der Waals surface area (Å²) in [5.74, 6) is 0. The number of aryl methyl sites for hydroxylation is 1. The molecule has 0 N–H and O–H groups in total. The molecule has 8 aromatic carbocycles. The number of hydrogen-bond acceptors (Lipinski definition) is 2. The highest BCUT2D eigenvalue weighted by atomic mass is 16.3. The summed E-state index contributed by atoms with van der Waals surface area (Å²) in [5, 5.41) is 7.39. The molecule has 0 aliphatic carbocycles. The minimum Gasteiger partial charge on any atom is -0.454 e. The molecule has 0 spiro atoms. The van der Waals surface area contributed by atoms with Gasteiger partial charge in [-0.25, -0.2) is 0 Å². The second kappa shape index (κ2) is 9.80. The molecule has 10 aromatic rings. The van der Waals surface area contributed by atoms with E-state index < -0.39 is 0 Å². The van der Waals surface area contributed by atoms with Gasteiger partial charge in [-0.05, 0) is 87.3 Å². The van der Waals surface area contributed by atoms with Crippen LogP contribution in [0.15, 0.2) is 162 Å². The van der Waals surface area contributed by atoms with Crippen molar-refractivity contribution in [1.29, 1.82) is 0 Å². The van der Waals surface area contributed by atoms with E-state index in [1.807, 2.05) is 0 Å². The largest absolute Gasteiger partial charge is 0.454 e. The SMILES string of the molecule is Cc1cc2c3c(c1)N(c1cccc4c1oc1ccccc14)c1cc(-c4ccccc4)ccc1B3n1c3cc4ccccc4cc3c3cccc-2c31. The summed E-state index contributed by atoms with van der Waals surface area (Å²) in [7, 11) is 0. The summed E-state index contributed by atoms with van der Waals surface area (Å²) in [4.78, 5) is 2.49. The monoisotopic (exact) mass is 648 g/mol. The number of para-hydroxylation sites is 3. The van der Waals surface area contributed by atoms with E-state index in [0.29, 0.717) is 0 Å². The first-order valence-corrected chi connectivity index (χ1v) is 17.7. The van der Waals surface area contributed by atoms with Crippen LogP contribution < -0.4 is 15.8 Å². The number of anilines is 3. The summed E-state index contributed by atoms with van der Waals surface area (Å²) in [6.45, 7) is 2.22. The minimum atomic E-state index is -0.0161. The first kappa shape index (κ1) is 27.3. The molecule has 2 aliphatic heterocycles. The third-order valence-electron chi connectivity index (χ3n) is 11.4. The molecule has 4 heterocycles. The molecular formula is C47H29BN2O. The fourth-order valence-electron chi connectivity index (χ4n) is 9.24. The quantitative estimate of drug-likeness (QED) is 0.174. The molecule has 2 aliphatic rings. The second-order valence-electron chi connectivity index (χ2n) is 14.2. The average Bonchev–Trinajstić information content (AvgIpc) is 3.72. The fraction of sp³-hybridized carbons (Fsp3) is 0.0213. The van der Waals surface area contributed by atoms with Crippen LogP contribution in [0.25, 0.3) is 76.8 Å². The van der Waals surface area contributed by atoms with Gasteiger partial charge in [-0.3, -0.25) is 0 Å². The smallest absolute Gasteiger partial charge is 0.333 e. The molecule has 2 aromatic heterocycles. The highest BCUT2D eigenvalue weighted by molar-refractivity contribution is 6.90. The van der Waals surface area contributed by atoms with Crippen molar-refractivity contribution in [3.05, 3.63) is 163 Å². The highest BCUT2D eigenvalue weighted by Gasteiger charge is 2.43. The zero-order chi connectivity index (χ0) is 33.4. The van der Waals surface area contributed by atoms with Gasteiger partial charge >= 0.3 is 6.85 Å². The lowest BCUT2D eigenvalue weighted by atomic mass is 9.45. The van der Waals surface area contributed by atoms with Crippen molar-refractivity contribution < 1.29 is 4.42 Å². The Hall–Kier alpha value is -6.52. The van der Waals surface area contributed by atoms with Gasteiger partial charge in [0.15, 0.2) is 5.58 Å². The fourth-order valence-corrected chi connectivity index (χ4v) is 9.24. The van der Waals surface area contributed by atoms with Crippen LogP contribution in [0.5, 0.6) is 0 Å². The summed E-state index contributed by atoms with van der Waals surface area (Å²) >= 11 is 0. The molecule has 51 heavy (non-hydrogen) atoms. The molecule has 0 radical (unpaired) electrons. The molecule has 0 fully saturated rings. The summed E-state index contributed by atoms with van der Waals surface area (Å²) in [6.07, 6.45) is 0. The zero-order valence-corrected chi connectivity index (χ0v) is 27.9. The molecule has 0 saturated heterocycles. The number of fused-ring (bicyclic) bond motifs is 11. The molecule has 0 atom stereocenters. The number of nitrogens with zero attached hydrogens (tertiary/aromatic N) is 2. The lowest BCUT2D eigenvalue weighted by Crippen LogP contribution is -2.56. The van der Waals surface area contributed by atoms with Crippen molar-refractivity contribution in [2.24, 2.45) is 0 Å². The third-order valence-corrected chi connectivity index (χ3v) is 11.4. The van der Waals surface area contributed by atoms with Crippen LogP contribution in [0.3, 0.4) is 0 Å². The molecule has 0 saturated carbocycles. The van der Waals surface area contributed by atoms with Gasteiger partial charge in [0, 0.05) is 49.5 Å². The Morgan fingerprint density at radius 3 is 2.18 bits per heavy atom. The topological polar surface area (TPSA) is 21.3 Å². The van der Waals surface area contributed by atoms with Crippen LogP contribution in [0.1, 0.15) is 5.56 Å². The van der Waals surface area contributed by atoms with Crippen molar-refractivity contribution >= 4 is 89.4 Å². The van der Waals surface area contributed by atoms with Crippen molar-refractivity contribution in [1.82, 2.24) is 4.48 Å². The van der Waals surface area contributed by atoms with E-state index in [4.69, 9.17) is 4.42 Å². The predicted molar refractivity (Wildman–Crippen MR) is 215 cm³/mol. The van der Waals surface area contributed by atoms with Crippen LogP contribution in [0.4, 0.5) is 17.1 Å². The van der Waals surface area contributed by atoms with E-state index >= 15 is 0 Å². The van der Waals surface area contributed by atoms with E-state index in [0.717, 1.165) is 27.6 Å². The van der Waals surface area contributed by atoms with Gasteiger partial charge < -0.3 is 13.8 Å². The number of rotatable bonds is 2. The Morgan fingerprint density at radius 2 is 1.27 bits per heavy atom. The Balaban J connectivity index is 1.24. The Kier molecular flexibility index (Phi) is 5.25. The van der Waals surface area contributed by atoms with Crippen LogP contribution in [0, 0.1) is 6.92 Å². The van der Waals surface area contributed by atoms with Gasteiger partial charge in [0.1, 0.15) is 5.58 Å². The molecule has 0 bridgehead atoms. The average molecular weight is 649 g/mol. The van der Waals surface area contributed by atoms with Gasteiger partial charge in [-0.1, -0.05) is 121 Å². The number of benzene rings is 8. The summed E-state index contributed by atoms with van der Waals surface area (Å²) in [5.41, 5.74) is 16.6. The van der Waals surface area contributed by atoms with Crippen LogP contribution in [-0.4, -0.2) is 11.3 Å². The first-order valence-electron chi connectivity index (χ1n) is 17.7. The molecule has 236 valence electrons. The van der Waals surface area contributed by atoms with Crippen LogP contribution in [0.2, 0.25) is 0 Å². The van der Waals surface area contributed by atoms with Crippen LogP contribution >= 0.6 is 0 Å². The molecule has 3 nitrogen and oxygen atoms in total. The number of furan rings is 1. The molecular weight excluding hydrogens is 619 g/mol. The zero-order valence-electron chi connectivity index (χ0n) is 27.9. The van der Waals surface area contributed by atoms with Gasteiger partial charge in [-0.2, -0.15) is 0 Å².